The number of anilines is 1. The highest BCUT2D eigenvalue weighted by Crippen LogP contribution is 2.39. The number of aliphatic hydroxyl groups is 1. The molecule has 0 amide bonds. The first-order valence-electron chi connectivity index (χ1n) is 6.08. The van der Waals surface area contributed by atoms with E-state index in [4.69, 9.17) is 15.9 Å². The Labute approximate surface area is 106 Å². The monoisotopic (exact) mass is 250 g/mol. The number of nitrogens with two attached hydrogens (primary N) is 1. The van der Waals surface area contributed by atoms with Crippen LogP contribution in [0.15, 0.2) is 24.3 Å². The van der Waals surface area contributed by atoms with Gasteiger partial charge in [0, 0.05) is 24.3 Å². The van der Waals surface area contributed by atoms with E-state index in [1.54, 1.807) is 0 Å². The van der Waals surface area contributed by atoms with E-state index < -0.39 is 12.0 Å². The molecule has 1 aliphatic heterocycles. The van der Waals surface area contributed by atoms with Crippen molar-refractivity contribution >= 4 is 11.7 Å². The van der Waals surface area contributed by atoms with E-state index >= 15 is 0 Å². The molecule has 0 saturated heterocycles. The van der Waals surface area contributed by atoms with Crippen molar-refractivity contribution in [2.24, 2.45) is 5.73 Å². The van der Waals surface area contributed by atoms with E-state index in [2.05, 4.69) is 5.32 Å². The summed E-state index contributed by atoms with van der Waals surface area (Å²) in [6, 6.07) is 7.00. The molecule has 0 saturated carbocycles. The topological polar surface area (TPSA) is 95.6 Å². The minimum Gasteiger partial charge on any atom is -0.480 e. The zero-order valence-corrected chi connectivity index (χ0v) is 10.0. The van der Waals surface area contributed by atoms with Gasteiger partial charge in [-0.1, -0.05) is 18.2 Å². The predicted molar refractivity (Wildman–Crippen MR) is 68.5 cm³/mol. The van der Waals surface area contributed by atoms with E-state index in [1.807, 2.05) is 24.3 Å². The van der Waals surface area contributed by atoms with Gasteiger partial charge in [0.15, 0.2) is 0 Å². The Morgan fingerprint density at radius 1 is 1.44 bits per heavy atom. The minimum absolute atomic E-state index is 0.0412. The third-order valence-electron chi connectivity index (χ3n) is 3.45. The van der Waals surface area contributed by atoms with Crippen molar-refractivity contribution in [2.75, 3.05) is 11.9 Å². The van der Waals surface area contributed by atoms with E-state index in [1.165, 1.54) is 0 Å². The molecule has 1 aromatic rings. The van der Waals surface area contributed by atoms with Crippen molar-refractivity contribution in [3.63, 3.8) is 0 Å². The fraction of sp³-hybridized carbons (Fsp3) is 0.462. The van der Waals surface area contributed by atoms with Crippen molar-refractivity contribution in [3.05, 3.63) is 29.8 Å². The molecule has 0 aromatic heterocycles. The molecule has 0 radical (unpaired) electrons. The molecule has 0 bridgehead atoms. The third kappa shape index (κ3) is 2.47. The van der Waals surface area contributed by atoms with Crippen LogP contribution >= 0.6 is 0 Å². The van der Waals surface area contributed by atoms with Crippen LogP contribution in [0.2, 0.25) is 0 Å². The Morgan fingerprint density at radius 2 is 2.17 bits per heavy atom. The molecule has 0 spiro atoms. The summed E-state index contributed by atoms with van der Waals surface area (Å²) >= 11 is 0. The van der Waals surface area contributed by atoms with Gasteiger partial charge in [0.1, 0.15) is 6.04 Å². The lowest BCUT2D eigenvalue weighted by atomic mass is 9.87. The van der Waals surface area contributed by atoms with Gasteiger partial charge in [-0.15, -0.1) is 0 Å². The highest BCUT2D eigenvalue weighted by Gasteiger charge is 2.33. The van der Waals surface area contributed by atoms with E-state index in [9.17, 15) is 4.79 Å². The molecule has 98 valence electrons. The van der Waals surface area contributed by atoms with Crippen LogP contribution in [-0.2, 0) is 4.79 Å². The second-order valence-corrected chi connectivity index (χ2v) is 4.64. The van der Waals surface area contributed by atoms with Gasteiger partial charge in [0.25, 0.3) is 0 Å². The number of carbonyl (C=O) groups is 1. The number of hydrogen-bond donors (Lipinski definition) is 4. The van der Waals surface area contributed by atoms with Gasteiger partial charge in [-0.25, -0.2) is 0 Å². The molecule has 5 N–H and O–H groups in total. The summed E-state index contributed by atoms with van der Waals surface area (Å²) in [4.78, 5) is 10.9. The summed E-state index contributed by atoms with van der Waals surface area (Å²) in [5.41, 5.74) is 7.72. The number of para-hydroxylation sites is 1. The highest BCUT2D eigenvalue weighted by molar-refractivity contribution is 5.73. The molecule has 0 aliphatic carbocycles. The molecule has 18 heavy (non-hydrogen) atoms. The Balaban J connectivity index is 2.20. The summed E-state index contributed by atoms with van der Waals surface area (Å²) < 4.78 is 0. The maximum absolute atomic E-state index is 10.9. The van der Waals surface area contributed by atoms with Crippen molar-refractivity contribution in [1.82, 2.24) is 0 Å². The lowest BCUT2D eigenvalue weighted by Crippen LogP contribution is -2.35. The fourth-order valence-electron chi connectivity index (χ4n) is 2.55. The number of aliphatic hydroxyl groups excluding tert-OH is 1. The number of nitrogens with one attached hydrogen (secondary N) is 1. The van der Waals surface area contributed by atoms with Crippen LogP contribution in [0.4, 0.5) is 5.69 Å². The standard InChI is InChI=1S/C13H18N2O3/c14-10(13(17)18)7-9-8-3-1-2-4-11(8)15-12(9)5-6-16/h1-4,9-10,12,15-16H,5-7,14H2,(H,17,18)/t9-,10-,12-/m0/s1. The third-order valence-corrected chi connectivity index (χ3v) is 3.45. The SMILES string of the molecule is N[C@@H](C[C@H]1c2ccccc2N[C@H]1CCO)C(=O)O. The molecular formula is C13H18N2O3. The Kier molecular flexibility index (Phi) is 3.84. The number of benzene rings is 1. The number of fused-ring (bicyclic) bond motifs is 1. The molecule has 0 unspecified atom stereocenters. The summed E-state index contributed by atoms with van der Waals surface area (Å²) in [6.45, 7) is 0.0739. The number of carboxylic acid groups (broad SMARTS) is 1. The largest absolute Gasteiger partial charge is 0.480 e. The van der Waals surface area contributed by atoms with Gasteiger partial charge < -0.3 is 21.3 Å². The summed E-state index contributed by atoms with van der Waals surface area (Å²) in [6.07, 6.45) is 0.968. The first-order chi connectivity index (χ1) is 8.63. The van der Waals surface area contributed by atoms with Crippen molar-refractivity contribution < 1.29 is 15.0 Å². The maximum atomic E-state index is 10.9. The van der Waals surface area contributed by atoms with Crippen LogP contribution in [0.1, 0.15) is 24.3 Å². The highest BCUT2D eigenvalue weighted by atomic mass is 16.4. The molecule has 1 heterocycles. The Morgan fingerprint density at radius 3 is 2.83 bits per heavy atom. The van der Waals surface area contributed by atoms with Crippen molar-refractivity contribution in [2.45, 2.75) is 30.8 Å². The Hall–Kier alpha value is -1.59. The molecule has 1 aromatic carbocycles. The minimum atomic E-state index is -0.984. The van der Waals surface area contributed by atoms with Crippen LogP contribution in [0, 0.1) is 0 Å². The summed E-state index contributed by atoms with van der Waals surface area (Å²) in [7, 11) is 0. The molecule has 3 atom stereocenters. The van der Waals surface area contributed by atoms with Gasteiger partial charge in [-0.3, -0.25) is 4.79 Å². The van der Waals surface area contributed by atoms with Gasteiger partial charge in [0.05, 0.1) is 0 Å². The second-order valence-electron chi connectivity index (χ2n) is 4.64. The molecule has 5 heteroatoms. The van der Waals surface area contributed by atoms with Gasteiger partial charge >= 0.3 is 5.97 Å². The molecule has 5 nitrogen and oxygen atoms in total. The van der Waals surface area contributed by atoms with Gasteiger partial charge in [-0.05, 0) is 24.5 Å². The average Bonchev–Trinajstić information content (AvgIpc) is 2.68. The number of hydrogen-bond acceptors (Lipinski definition) is 4. The smallest absolute Gasteiger partial charge is 0.320 e. The predicted octanol–water partition coefficient (Wildman–Crippen LogP) is 0.749. The van der Waals surface area contributed by atoms with E-state index in [0.29, 0.717) is 12.8 Å². The van der Waals surface area contributed by atoms with Gasteiger partial charge in [0.2, 0.25) is 0 Å². The van der Waals surface area contributed by atoms with Crippen LogP contribution in [0.5, 0.6) is 0 Å². The molecule has 2 rings (SSSR count). The fourth-order valence-corrected chi connectivity index (χ4v) is 2.55. The number of aliphatic carboxylic acids is 1. The normalized spacial score (nSPS) is 23.2. The summed E-state index contributed by atoms with van der Waals surface area (Å²) in [5, 5.41) is 21.3. The van der Waals surface area contributed by atoms with Crippen LogP contribution in [0.25, 0.3) is 0 Å². The van der Waals surface area contributed by atoms with Crippen molar-refractivity contribution in [1.29, 1.82) is 0 Å². The maximum Gasteiger partial charge on any atom is 0.320 e. The quantitative estimate of drug-likeness (QED) is 0.618. The lowest BCUT2D eigenvalue weighted by molar-refractivity contribution is -0.138. The molecule has 0 fully saturated rings. The first-order valence-corrected chi connectivity index (χ1v) is 6.08. The van der Waals surface area contributed by atoms with Crippen LogP contribution < -0.4 is 11.1 Å². The zero-order chi connectivity index (χ0) is 13.1. The first kappa shape index (κ1) is 12.9. The van der Waals surface area contributed by atoms with Crippen LogP contribution in [0.3, 0.4) is 0 Å². The van der Waals surface area contributed by atoms with E-state index in [-0.39, 0.29) is 18.6 Å². The summed E-state index contributed by atoms with van der Waals surface area (Å²) in [5.74, 6) is -0.943. The van der Waals surface area contributed by atoms with Crippen molar-refractivity contribution in [3.8, 4) is 0 Å². The zero-order valence-electron chi connectivity index (χ0n) is 10.0. The van der Waals surface area contributed by atoms with E-state index in [0.717, 1.165) is 11.3 Å². The second kappa shape index (κ2) is 5.37. The van der Waals surface area contributed by atoms with Crippen LogP contribution in [-0.4, -0.2) is 34.9 Å². The number of rotatable bonds is 5. The lowest BCUT2D eigenvalue weighted by Gasteiger charge is -2.21. The average molecular weight is 250 g/mol. The molecule has 1 aliphatic rings. The number of carboxylic acids is 1. The van der Waals surface area contributed by atoms with Gasteiger partial charge in [-0.2, -0.15) is 0 Å². The Bertz CT molecular complexity index is 436. The molecular weight excluding hydrogens is 232 g/mol.